The number of rotatable bonds is 69. The van der Waals surface area contributed by atoms with Crippen LogP contribution in [0.3, 0.4) is 0 Å². The van der Waals surface area contributed by atoms with Crippen molar-refractivity contribution in [1.82, 2.24) is 0 Å². The number of carbonyl (C=O) groups excluding carboxylic acids is 2. The van der Waals surface area contributed by atoms with E-state index in [1.54, 1.807) is 0 Å². The molecule has 2 unspecified atom stereocenters. The molecule has 0 spiro atoms. The summed E-state index contributed by atoms with van der Waals surface area (Å²) in [6, 6.07) is 0. The van der Waals surface area contributed by atoms with Crippen LogP contribution in [0.4, 0.5) is 0 Å². The summed E-state index contributed by atoms with van der Waals surface area (Å²) >= 11 is 0. The minimum absolute atomic E-state index is 0.180. The Morgan fingerprint density at radius 3 is 0.964 bits per heavy atom. The van der Waals surface area contributed by atoms with Gasteiger partial charge in [0.25, 0.3) is 6.29 Å². The fraction of sp³-hybridized carbons (Fsp3) is 0.905. The molecule has 0 radical (unpaired) electrons. The summed E-state index contributed by atoms with van der Waals surface area (Å²) < 4.78 is 23.0. The molecule has 0 fully saturated rings. The predicted molar refractivity (Wildman–Crippen MR) is 355 cm³/mol. The standard InChI is InChI=1S/C74H141NO8/c1-6-8-10-12-14-16-18-20-22-24-26-27-28-29-30-31-32-33-34-35-36-37-38-39-40-41-42-43-44-45-46-47-49-50-52-54-56-58-60-62-64-71(76)81-68-70(69-82-74(73(78)79)80-67-66-75(3,4)5)83-72(77)65-63-61-59-57-55-53-51-48-25-23-21-19-17-15-13-11-9-7-2/h17,19,23,25,70,74H,6-16,18,20-22,24,26-69H2,1-5H3/p+1/b19-17-,25-23-. The number of aliphatic carboxylic acids is 1. The molecule has 83 heavy (non-hydrogen) atoms. The van der Waals surface area contributed by atoms with E-state index in [1.807, 2.05) is 21.1 Å². The number of carbonyl (C=O) groups is 3. The van der Waals surface area contributed by atoms with Gasteiger partial charge in [0.2, 0.25) is 0 Å². The predicted octanol–water partition coefficient (Wildman–Crippen LogP) is 22.6. The third-order valence-electron chi connectivity index (χ3n) is 16.7. The molecule has 0 aromatic carbocycles. The van der Waals surface area contributed by atoms with E-state index in [-0.39, 0.29) is 32.2 Å². The van der Waals surface area contributed by atoms with Crippen molar-refractivity contribution < 1.29 is 42.9 Å². The number of quaternary nitrogens is 1. The van der Waals surface area contributed by atoms with E-state index in [4.69, 9.17) is 18.9 Å². The summed E-state index contributed by atoms with van der Waals surface area (Å²) in [4.78, 5) is 37.5. The lowest BCUT2D eigenvalue weighted by Crippen LogP contribution is -2.40. The van der Waals surface area contributed by atoms with Crippen LogP contribution in [0.5, 0.6) is 0 Å². The second-order valence-corrected chi connectivity index (χ2v) is 26.3. The molecule has 0 aromatic rings. The number of unbranched alkanes of at least 4 members (excludes halogenated alkanes) is 50. The first-order valence-electron chi connectivity index (χ1n) is 36.5. The lowest BCUT2D eigenvalue weighted by molar-refractivity contribution is -0.870. The molecule has 0 bridgehead atoms. The summed E-state index contributed by atoms with van der Waals surface area (Å²) in [5, 5.41) is 9.73. The Labute approximate surface area is 516 Å². The van der Waals surface area contributed by atoms with E-state index in [0.717, 1.165) is 51.4 Å². The average Bonchev–Trinajstić information content (AvgIpc) is 3.46. The number of ether oxygens (including phenoxy) is 4. The number of nitrogens with zero attached hydrogens (tertiary/aromatic N) is 1. The van der Waals surface area contributed by atoms with Crippen molar-refractivity contribution in [3.8, 4) is 0 Å². The average molecular weight is 1170 g/mol. The largest absolute Gasteiger partial charge is 0.477 e. The third kappa shape index (κ3) is 67.1. The molecule has 0 amide bonds. The lowest BCUT2D eigenvalue weighted by atomic mass is 10.0. The first-order chi connectivity index (χ1) is 40.6. The number of carboxylic acids is 1. The summed E-state index contributed by atoms with van der Waals surface area (Å²) in [5.74, 6) is -1.99. The van der Waals surface area contributed by atoms with Gasteiger partial charge in [0.15, 0.2) is 6.10 Å². The van der Waals surface area contributed by atoms with Crippen LogP contribution in [0.15, 0.2) is 24.3 Å². The first-order valence-corrected chi connectivity index (χ1v) is 36.5. The van der Waals surface area contributed by atoms with Gasteiger partial charge in [-0.25, -0.2) is 4.79 Å². The zero-order chi connectivity index (χ0) is 60.5. The van der Waals surface area contributed by atoms with Crippen LogP contribution in [-0.4, -0.2) is 87.4 Å². The molecule has 490 valence electrons. The molecule has 9 heteroatoms. The molecule has 1 N–H and O–H groups in total. The summed E-state index contributed by atoms with van der Waals surface area (Å²) in [5.41, 5.74) is 0. The zero-order valence-corrected chi connectivity index (χ0v) is 56.1. The molecular weight excluding hydrogens is 1030 g/mol. The fourth-order valence-corrected chi connectivity index (χ4v) is 11.1. The summed E-state index contributed by atoms with van der Waals surface area (Å²) in [7, 11) is 5.98. The number of hydrogen-bond donors (Lipinski definition) is 1. The van der Waals surface area contributed by atoms with Gasteiger partial charge >= 0.3 is 17.9 Å². The molecule has 0 aliphatic carbocycles. The maximum Gasteiger partial charge on any atom is 0.361 e. The Balaban J connectivity index is 3.90. The Bertz CT molecular complexity index is 1410. The van der Waals surface area contributed by atoms with Gasteiger partial charge in [-0.05, 0) is 44.9 Å². The molecule has 0 heterocycles. The monoisotopic (exact) mass is 1170 g/mol. The second kappa shape index (κ2) is 65.7. The van der Waals surface area contributed by atoms with Gasteiger partial charge in [0, 0.05) is 12.8 Å². The topological polar surface area (TPSA) is 108 Å². The van der Waals surface area contributed by atoms with Crippen molar-refractivity contribution in [2.45, 2.75) is 386 Å². The molecule has 9 nitrogen and oxygen atoms in total. The minimum Gasteiger partial charge on any atom is -0.477 e. The lowest BCUT2D eigenvalue weighted by Gasteiger charge is -2.25. The summed E-state index contributed by atoms with van der Waals surface area (Å²) in [6.45, 7) is 4.91. The highest BCUT2D eigenvalue weighted by Gasteiger charge is 2.25. The van der Waals surface area contributed by atoms with E-state index < -0.39 is 24.3 Å². The van der Waals surface area contributed by atoms with Crippen molar-refractivity contribution in [3.63, 3.8) is 0 Å². The van der Waals surface area contributed by atoms with Gasteiger partial charge in [-0.3, -0.25) is 9.59 Å². The van der Waals surface area contributed by atoms with Crippen LogP contribution >= 0.6 is 0 Å². The summed E-state index contributed by atoms with van der Waals surface area (Å²) in [6.07, 6.45) is 79.0. The van der Waals surface area contributed by atoms with Gasteiger partial charge in [-0.1, -0.05) is 340 Å². The van der Waals surface area contributed by atoms with Crippen LogP contribution in [0.2, 0.25) is 0 Å². The Kier molecular flexibility index (Phi) is 64.0. The number of likely N-dealkylation sites (N-methyl/N-ethyl adjacent to an activating group) is 1. The third-order valence-corrected chi connectivity index (χ3v) is 16.7. The van der Waals surface area contributed by atoms with E-state index in [9.17, 15) is 19.5 Å². The van der Waals surface area contributed by atoms with E-state index in [1.165, 1.54) is 289 Å². The van der Waals surface area contributed by atoms with Gasteiger partial charge < -0.3 is 28.5 Å². The Hall–Kier alpha value is -2.23. The molecule has 0 aliphatic heterocycles. The van der Waals surface area contributed by atoms with Gasteiger partial charge in [-0.2, -0.15) is 0 Å². The van der Waals surface area contributed by atoms with Crippen molar-refractivity contribution in [3.05, 3.63) is 24.3 Å². The maximum atomic E-state index is 12.9. The Morgan fingerprint density at radius 2 is 0.651 bits per heavy atom. The first kappa shape index (κ1) is 80.8. The van der Waals surface area contributed by atoms with Crippen LogP contribution < -0.4 is 0 Å². The maximum absolute atomic E-state index is 12.9. The Morgan fingerprint density at radius 1 is 0.361 bits per heavy atom. The molecule has 2 atom stereocenters. The van der Waals surface area contributed by atoms with Gasteiger partial charge in [0.05, 0.1) is 34.4 Å². The van der Waals surface area contributed by atoms with Crippen LogP contribution in [0.1, 0.15) is 373 Å². The van der Waals surface area contributed by atoms with E-state index in [2.05, 4.69) is 38.2 Å². The zero-order valence-electron chi connectivity index (χ0n) is 56.1. The molecule has 0 saturated carbocycles. The molecule has 0 rings (SSSR count). The normalized spacial score (nSPS) is 12.7. The molecule has 0 aromatic heterocycles. The van der Waals surface area contributed by atoms with E-state index in [0.29, 0.717) is 23.9 Å². The van der Waals surface area contributed by atoms with Crippen molar-refractivity contribution in [2.75, 3.05) is 47.5 Å². The van der Waals surface area contributed by atoms with Crippen LogP contribution in [0, 0.1) is 0 Å². The smallest absolute Gasteiger partial charge is 0.361 e. The number of esters is 2. The SMILES string of the molecule is CCCCCC/C=C\C/C=C\CCCCCCCCCC(=O)OC(COC(=O)CCCCCCCCCCCCCCCCCCCCCCCCCCCCCCCCCCCCCCCCCC)COC(OCC[N+](C)(C)C)C(=O)O. The molecular formula is C74H142NO8+. The highest BCUT2D eigenvalue weighted by molar-refractivity contribution is 5.71. The molecule has 0 saturated heterocycles. The number of carboxylic acid groups (broad SMARTS) is 1. The number of hydrogen-bond acceptors (Lipinski definition) is 7. The number of allylic oxidation sites excluding steroid dienone is 4. The van der Waals surface area contributed by atoms with Gasteiger partial charge in [0.1, 0.15) is 13.2 Å². The fourth-order valence-electron chi connectivity index (χ4n) is 11.1. The van der Waals surface area contributed by atoms with Crippen LogP contribution in [0.25, 0.3) is 0 Å². The second-order valence-electron chi connectivity index (χ2n) is 26.3. The van der Waals surface area contributed by atoms with E-state index >= 15 is 0 Å². The highest BCUT2D eigenvalue weighted by atomic mass is 16.7. The molecule has 0 aliphatic rings. The highest BCUT2D eigenvalue weighted by Crippen LogP contribution is 2.19. The minimum atomic E-state index is -1.51. The van der Waals surface area contributed by atoms with Crippen molar-refractivity contribution in [2.24, 2.45) is 0 Å². The quantitative estimate of drug-likeness (QED) is 0.0211. The van der Waals surface area contributed by atoms with Crippen molar-refractivity contribution in [1.29, 1.82) is 0 Å². The van der Waals surface area contributed by atoms with Gasteiger partial charge in [-0.15, -0.1) is 0 Å². The van der Waals surface area contributed by atoms with Crippen LogP contribution in [-0.2, 0) is 33.3 Å². The van der Waals surface area contributed by atoms with Crippen molar-refractivity contribution >= 4 is 17.9 Å².